The van der Waals surface area contributed by atoms with E-state index in [0.29, 0.717) is 22.0 Å². The zero-order valence-corrected chi connectivity index (χ0v) is 10.9. The van der Waals surface area contributed by atoms with Crippen LogP contribution >= 0.6 is 11.6 Å². The molecule has 1 aromatic carbocycles. The fraction of sp³-hybridized carbons (Fsp3) is 0.0714. The number of nitrogens with zero attached hydrogens (tertiary/aromatic N) is 2. The fourth-order valence-electron chi connectivity index (χ4n) is 1.54. The van der Waals surface area contributed by atoms with Crippen LogP contribution in [0.2, 0.25) is 5.02 Å². The Kier molecular flexibility index (Phi) is 3.79. The molecule has 0 unspecified atom stereocenters. The number of amides is 1. The molecule has 0 saturated carbocycles. The monoisotopic (exact) mass is 271 g/mol. The van der Waals surface area contributed by atoms with E-state index in [0.717, 1.165) is 5.56 Å². The number of aryl methyl sites for hydroxylation is 1. The summed E-state index contributed by atoms with van der Waals surface area (Å²) in [6, 6.07) is 10.4. The first kappa shape index (κ1) is 13.1. The number of nitrogens with one attached hydrogen (secondary N) is 1. The molecule has 4 nitrogen and oxygen atoms in total. The number of nitriles is 1. The maximum absolute atomic E-state index is 12.0. The van der Waals surface area contributed by atoms with Gasteiger partial charge in [0, 0.05) is 6.20 Å². The van der Waals surface area contributed by atoms with Crippen molar-refractivity contribution in [3.8, 4) is 6.07 Å². The Morgan fingerprint density at radius 3 is 2.79 bits per heavy atom. The van der Waals surface area contributed by atoms with E-state index >= 15 is 0 Å². The van der Waals surface area contributed by atoms with Crippen molar-refractivity contribution in [2.24, 2.45) is 0 Å². The molecule has 0 bridgehead atoms. The molecule has 1 aromatic heterocycles. The Balaban J connectivity index is 2.21. The quantitative estimate of drug-likeness (QED) is 0.912. The van der Waals surface area contributed by atoms with Crippen LogP contribution in [0.3, 0.4) is 0 Å². The van der Waals surface area contributed by atoms with Gasteiger partial charge >= 0.3 is 0 Å². The van der Waals surface area contributed by atoms with Crippen LogP contribution in [0.1, 0.15) is 21.5 Å². The molecule has 0 aliphatic carbocycles. The van der Waals surface area contributed by atoms with Crippen molar-refractivity contribution in [1.82, 2.24) is 4.98 Å². The Labute approximate surface area is 115 Å². The van der Waals surface area contributed by atoms with Gasteiger partial charge in [0.15, 0.2) is 0 Å². The summed E-state index contributed by atoms with van der Waals surface area (Å²) in [6.07, 6.45) is 1.40. The number of rotatable bonds is 2. The molecule has 0 radical (unpaired) electrons. The van der Waals surface area contributed by atoms with E-state index in [2.05, 4.69) is 10.3 Å². The highest BCUT2D eigenvalue weighted by molar-refractivity contribution is 6.35. The number of carbonyl (C=O) groups excluding carboxylic acids is 1. The number of hydrogen-bond acceptors (Lipinski definition) is 3. The summed E-state index contributed by atoms with van der Waals surface area (Å²) in [5.74, 6) is 0.0486. The van der Waals surface area contributed by atoms with Crippen LogP contribution in [-0.4, -0.2) is 10.9 Å². The molecule has 0 atom stereocenters. The van der Waals surface area contributed by atoms with E-state index in [1.807, 2.05) is 19.1 Å². The Morgan fingerprint density at radius 2 is 2.16 bits per heavy atom. The maximum Gasteiger partial charge on any atom is 0.258 e. The minimum atomic E-state index is -0.328. The molecule has 1 heterocycles. The number of anilines is 1. The molecule has 0 saturated heterocycles. The molecule has 19 heavy (non-hydrogen) atoms. The smallest absolute Gasteiger partial charge is 0.258 e. The normalized spacial score (nSPS) is 9.74. The van der Waals surface area contributed by atoms with E-state index in [1.165, 1.54) is 6.20 Å². The van der Waals surface area contributed by atoms with Crippen molar-refractivity contribution in [3.63, 3.8) is 0 Å². The van der Waals surface area contributed by atoms with Gasteiger partial charge in [-0.15, -0.1) is 0 Å². The highest BCUT2D eigenvalue weighted by Crippen LogP contribution is 2.21. The first-order chi connectivity index (χ1) is 9.11. The van der Waals surface area contributed by atoms with Crippen LogP contribution < -0.4 is 5.32 Å². The lowest BCUT2D eigenvalue weighted by molar-refractivity contribution is 0.102. The number of aromatic nitrogens is 1. The predicted molar refractivity (Wildman–Crippen MR) is 73.1 cm³/mol. The lowest BCUT2D eigenvalue weighted by Gasteiger charge is -2.07. The summed E-state index contributed by atoms with van der Waals surface area (Å²) in [6.45, 7) is 1.83. The second-order valence-electron chi connectivity index (χ2n) is 3.93. The van der Waals surface area contributed by atoms with Crippen molar-refractivity contribution < 1.29 is 4.79 Å². The van der Waals surface area contributed by atoms with Crippen LogP contribution in [0.5, 0.6) is 0 Å². The molecule has 0 aliphatic heterocycles. The van der Waals surface area contributed by atoms with Crippen LogP contribution in [0, 0.1) is 18.3 Å². The van der Waals surface area contributed by atoms with Crippen LogP contribution in [0.4, 0.5) is 5.82 Å². The summed E-state index contributed by atoms with van der Waals surface area (Å²) >= 11 is 6.08. The van der Waals surface area contributed by atoms with Crippen molar-refractivity contribution >= 4 is 23.3 Å². The van der Waals surface area contributed by atoms with Gasteiger partial charge in [0.25, 0.3) is 5.91 Å². The molecule has 5 heteroatoms. The van der Waals surface area contributed by atoms with E-state index < -0.39 is 0 Å². The third-order valence-electron chi connectivity index (χ3n) is 2.57. The topological polar surface area (TPSA) is 65.8 Å². The SMILES string of the molecule is Cc1cccc(C(=O)Nc2ccc(C#N)cn2)c1Cl. The van der Waals surface area contributed by atoms with E-state index in [1.54, 1.807) is 24.3 Å². The first-order valence-corrected chi connectivity index (χ1v) is 5.92. The van der Waals surface area contributed by atoms with Crippen molar-refractivity contribution in [2.75, 3.05) is 5.32 Å². The number of pyridine rings is 1. The van der Waals surface area contributed by atoms with Crippen molar-refractivity contribution in [1.29, 1.82) is 5.26 Å². The summed E-state index contributed by atoms with van der Waals surface area (Å²) in [4.78, 5) is 16.0. The average Bonchev–Trinajstić information content (AvgIpc) is 2.42. The zero-order chi connectivity index (χ0) is 13.8. The van der Waals surface area contributed by atoms with Gasteiger partial charge < -0.3 is 5.32 Å². The molecule has 1 amide bonds. The first-order valence-electron chi connectivity index (χ1n) is 5.54. The minimum Gasteiger partial charge on any atom is -0.307 e. The van der Waals surface area contributed by atoms with Crippen molar-refractivity contribution in [3.05, 3.63) is 58.2 Å². The van der Waals surface area contributed by atoms with Crippen LogP contribution in [-0.2, 0) is 0 Å². The highest BCUT2D eigenvalue weighted by atomic mass is 35.5. The summed E-state index contributed by atoms with van der Waals surface area (Å²) in [7, 11) is 0. The molecule has 94 valence electrons. The molecule has 2 rings (SSSR count). The Hall–Kier alpha value is -2.38. The molecule has 0 spiro atoms. The van der Waals surface area contributed by atoms with Gasteiger partial charge in [0.05, 0.1) is 16.1 Å². The maximum atomic E-state index is 12.0. The van der Waals surface area contributed by atoms with Crippen LogP contribution in [0.25, 0.3) is 0 Å². The lowest BCUT2D eigenvalue weighted by atomic mass is 10.1. The Morgan fingerprint density at radius 1 is 1.37 bits per heavy atom. The second-order valence-corrected chi connectivity index (χ2v) is 4.31. The number of benzene rings is 1. The number of halogens is 1. The third kappa shape index (κ3) is 2.90. The van der Waals surface area contributed by atoms with E-state index in [-0.39, 0.29) is 5.91 Å². The number of carbonyl (C=O) groups is 1. The van der Waals surface area contributed by atoms with Gasteiger partial charge in [-0.3, -0.25) is 4.79 Å². The third-order valence-corrected chi connectivity index (χ3v) is 3.07. The lowest BCUT2D eigenvalue weighted by Crippen LogP contribution is -2.13. The van der Waals surface area contributed by atoms with Gasteiger partial charge in [0.1, 0.15) is 11.9 Å². The average molecular weight is 272 g/mol. The van der Waals surface area contributed by atoms with E-state index in [9.17, 15) is 4.79 Å². The van der Waals surface area contributed by atoms with Gasteiger partial charge in [-0.25, -0.2) is 4.98 Å². The Bertz CT molecular complexity index is 659. The van der Waals surface area contributed by atoms with Gasteiger partial charge in [-0.05, 0) is 30.7 Å². The van der Waals surface area contributed by atoms with Crippen LogP contribution in [0.15, 0.2) is 36.5 Å². The molecular weight excluding hydrogens is 262 g/mol. The second kappa shape index (κ2) is 5.51. The van der Waals surface area contributed by atoms with Gasteiger partial charge in [0.2, 0.25) is 0 Å². The number of hydrogen-bond donors (Lipinski definition) is 1. The predicted octanol–water partition coefficient (Wildman–Crippen LogP) is 3.17. The van der Waals surface area contributed by atoms with Gasteiger partial charge in [-0.2, -0.15) is 5.26 Å². The summed E-state index contributed by atoms with van der Waals surface area (Å²) < 4.78 is 0. The minimum absolute atomic E-state index is 0.328. The summed E-state index contributed by atoms with van der Waals surface area (Å²) in [5.41, 5.74) is 1.67. The molecule has 1 N–H and O–H groups in total. The molecule has 2 aromatic rings. The van der Waals surface area contributed by atoms with Crippen molar-refractivity contribution in [2.45, 2.75) is 6.92 Å². The molecular formula is C14H10ClN3O. The largest absolute Gasteiger partial charge is 0.307 e. The van der Waals surface area contributed by atoms with Gasteiger partial charge in [-0.1, -0.05) is 23.7 Å². The highest BCUT2D eigenvalue weighted by Gasteiger charge is 2.12. The standard InChI is InChI=1S/C14H10ClN3O/c1-9-3-2-4-11(13(9)15)14(19)18-12-6-5-10(7-16)8-17-12/h2-6,8H,1H3,(H,17,18,19). The van der Waals surface area contributed by atoms with E-state index in [4.69, 9.17) is 16.9 Å². The fourth-order valence-corrected chi connectivity index (χ4v) is 1.75. The summed E-state index contributed by atoms with van der Waals surface area (Å²) in [5, 5.41) is 11.7. The molecule has 0 fully saturated rings. The zero-order valence-electron chi connectivity index (χ0n) is 10.1. The molecule has 0 aliphatic rings.